The molecule has 0 spiro atoms. The monoisotopic (exact) mass is 413 g/mol. The Morgan fingerprint density at radius 2 is 1.75 bits per heavy atom. The number of nitrogens with one attached hydrogen (secondary N) is 1. The molecule has 0 unspecified atom stereocenters. The summed E-state index contributed by atoms with van der Waals surface area (Å²) in [5, 5.41) is 8.56. The Labute approximate surface area is 161 Å². The van der Waals surface area contributed by atoms with Gasteiger partial charge in [-0.1, -0.05) is 0 Å². The average molecular weight is 413 g/mol. The fraction of sp³-hybridized carbons (Fsp3) is 0.278. The highest BCUT2D eigenvalue weighted by molar-refractivity contribution is 7.92. The van der Waals surface area contributed by atoms with Gasteiger partial charge in [0.25, 0.3) is 10.0 Å². The van der Waals surface area contributed by atoms with Crippen molar-refractivity contribution in [1.29, 1.82) is 0 Å². The van der Waals surface area contributed by atoms with E-state index in [1.807, 2.05) is 0 Å². The highest BCUT2D eigenvalue weighted by Crippen LogP contribution is 2.31. The predicted octanol–water partition coefficient (Wildman–Crippen LogP) is 2.89. The zero-order chi connectivity index (χ0) is 20.7. The molecular weight excluding hydrogens is 393 g/mol. The van der Waals surface area contributed by atoms with Gasteiger partial charge < -0.3 is 19.3 Å². The van der Waals surface area contributed by atoms with E-state index in [0.29, 0.717) is 11.5 Å². The van der Waals surface area contributed by atoms with Crippen molar-refractivity contribution in [3.05, 3.63) is 42.2 Å². The highest BCUT2D eigenvalue weighted by atomic mass is 32.2. The zero-order valence-electron chi connectivity index (χ0n) is 15.3. The second kappa shape index (κ2) is 9.27. The summed E-state index contributed by atoms with van der Waals surface area (Å²) in [6, 6.07) is 7.65. The molecule has 10 heteroatoms. The van der Waals surface area contributed by atoms with Crippen molar-refractivity contribution >= 4 is 21.7 Å². The molecule has 2 rings (SSSR count). The number of aliphatic carboxylic acids is 1. The van der Waals surface area contributed by atoms with Gasteiger partial charge in [0.2, 0.25) is 0 Å². The molecule has 0 atom stereocenters. The molecule has 8 nitrogen and oxygen atoms in total. The van der Waals surface area contributed by atoms with Crippen LogP contribution in [0.1, 0.15) is 12.8 Å². The number of benzene rings is 2. The fourth-order valence-electron chi connectivity index (χ4n) is 2.29. The van der Waals surface area contributed by atoms with Crippen LogP contribution in [-0.2, 0) is 14.8 Å². The van der Waals surface area contributed by atoms with Crippen molar-refractivity contribution < 1.29 is 36.9 Å². The van der Waals surface area contributed by atoms with E-state index in [1.54, 1.807) is 0 Å². The number of hydrogen-bond donors (Lipinski definition) is 2. The van der Waals surface area contributed by atoms with Crippen LogP contribution in [-0.4, -0.2) is 40.3 Å². The summed E-state index contributed by atoms with van der Waals surface area (Å²) in [4.78, 5) is 10.1. The first-order valence-corrected chi connectivity index (χ1v) is 9.64. The van der Waals surface area contributed by atoms with Crippen LogP contribution in [0.25, 0.3) is 0 Å². The molecule has 0 saturated carbocycles. The molecule has 28 heavy (non-hydrogen) atoms. The summed E-state index contributed by atoms with van der Waals surface area (Å²) in [5.74, 6) is -1.24. The Balaban J connectivity index is 2.13. The summed E-state index contributed by atoms with van der Waals surface area (Å²) >= 11 is 0. The third-order valence-electron chi connectivity index (χ3n) is 3.64. The number of halogens is 1. The van der Waals surface area contributed by atoms with Gasteiger partial charge in [0.15, 0.2) is 23.1 Å². The number of sulfonamides is 1. The third-order valence-corrected chi connectivity index (χ3v) is 5.02. The van der Waals surface area contributed by atoms with Gasteiger partial charge in [-0.3, -0.25) is 9.52 Å². The maximum atomic E-state index is 14.2. The van der Waals surface area contributed by atoms with Crippen LogP contribution in [0.4, 0.5) is 10.1 Å². The minimum Gasteiger partial charge on any atom is -0.493 e. The van der Waals surface area contributed by atoms with E-state index in [2.05, 4.69) is 4.72 Å². The summed E-state index contributed by atoms with van der Waals surface area (Å²) in [6.07, 6.45) is 0.0962. The van der Waals surface area contributed by atoms with Gasteiger partial charge >= 0.3 is 5.97 Å². The van der Waals surface area contributed by atoms with Crippen molar-refractivity contribution in [3.63, 3.8) is 0 Å². The minimum absolute atomic E-state index is 0.000784. The SMILES string of the molecule is COc1ccc(NS(=O)(=O)c2ccc(OCCCC(=O)O)c(F)c2)cc1OC. The summed E-state index contributed by atoms with van der Waals surface area (Å²) in [7, 11) is -1.18. The quantitative estimate of drug-likeness (QED) is 0.576. The Hall–Kier alpha value is -3.01. The Morgan fingerprint density at radius 3 is 2.36 bits per heavy atom. The molecule has 0 amide bonds. The number of carboxylic acid groups (broad SMARTS) is 1. The molecule has 0 aliphatic carbocycles. The highest BCUT2D eigenvalue weighted by Gasteiger charge is 2.18. The van der Waals surface area contributed by atoms with Gasteiger partial charge in [-0.05, 0) is 36.8 Å². The normalized spacial score (nSPS) is 11.0. The number of ether oxygens (including phenoxy) is 3. The Kier molecular flexibility index (Phi) is 7.05. The number of hydrogen-bond acceptors (Lipinski definition) is 6. The molecule has 2 aromatic carbocycles. The molecule has 0 saturated heterocycles. The number of rotatable bonds is 10. The lowest BCUT2D eigenvalue weighted by Gasteiger charge is -2.13. The van der Waals surface area contributed by atoms with Crippen LogP contribution in [0.3, 0.4) is 0 Å². The standard InChI is InChI=1S/C18H20FNO7S/c1-25-16-7-5-12(10-17(16)26-2)20-28(23,24)13-6-8-15(14(19)11-13)27-9-3-4-18(21)22/h5-8,10-11,20H,3-4,9H2,1-2H3,(H,21,22). The van der Waals surface area contributed by atoms with Crippen LogP contribution in [0.5, 0.6) is 17.2 Å². The van der Waals surface area contributed by atoms with E-state index in [1.165, 1.54) is 44.6 Å². The lowest BCUT2D eigenvalue weighted by Crippen LogP contribution is -2.13. The first-order chi connectivity index (χ1) is 13.3. The van der Waals surface area contributed by atoms with Gasteiger partial charge in [0, 0.05) is 12.5 Å². The van der Waals surface area contributed by atoms with E-state index < -0.39 is 21.8 Å². The molecular formula is C18H20FNO7S. The van der Waals surface area contributed by atoms with Crippen molar-refractivity contribution in [3.8, 4) is 17.2 Å². The molecule has 0 bridgehead atoms. The van der Waals surface area contributed by atoms with Crippen molar-refractivity contribution in [1.82, 2.24) is 0 Å². The van der Waals surface area contributed by atoms with Gasteiger partial charge in [0.05, 0.1) is 31.4 Å². The second-order valence-electron chi connectivity index (χ2n) is 5.61. The lowest BCUT2D eigenvalue weighted by molar-refractivity contribution is -0.137. The minimum atomic E-state index is -4.05. The van der Waals surface area contributed by atoms with Crippen molar-refractivity contribution in [2.24, 2.45) is 0 Å². The van der Waals surface area contributed by atoms with Gasteiger partial charge in [0.1, 0.15) is 0 Å². The summed E-state index contributed by atoms with van der Waals surface area (Å²) in [6.45, 7) is -0.000784. The predicted molar refractivity (Wildman–Crippen MR) is 99.1 cm³/mol. The molecule has 0 heterocycles. The smallest absolute Gasteiger partial charge is 0.303 e. The molecule has 0 aliphatic heterocycles. The Bertz CT molecular complexity index is 947. The summed E-state index contributed by atoms with van der Waals surface area (Å²) < 4.78 is 56.8. The number of methoxy groups -OCH3 is 2. The molecule has 0 aromatic heterocycles. The van der Waals surface area contributed by atoms with Crippen LogP contribution < -0.4 is 18.9 Å². The fourth-order valence-corrected chi connectivity index (χ4v) is 3.35. The van der Waals surface area contributed by atoms with Crippen LogP contribution in [0.2, 0.25) is 0 Å². The number of carbonyl (C=O) groups is 1. The molecule has 0 fully saturated rings. The second-order valence-corrected chi connectivity index (χ2v) is 7.30. The van der Waals surface area contributed by atoms with E-state index >= 15 is 0 Å². The van der Waals surface area contributed by atoms with Crippen LogP contribution in [0.15, 0.2) is 41.3 Å². The van der Waals surface area contributed by atoms with Crippen LogP contribution in [0, 0.1) is 5.82 Å². The first-order valence-electron chi connectivity index (χ1n) is 8.16. The van der Waals surface area contributed by atoms with Crippen molar-refractivity contribution in [2.45, 2.75) is 17.7 Å². The van der Waals surface area contributed by atoms with E-state index in [4.69, 9.17) is 19.3 Å². The van der Waals surface area contributed by atoms with Gasteiger partial charge in [-0.25, -0.2) is 12.8 Å². The molecule has 2 N–H and O–H groups in total. The molecule has 0 aliphatic rings. The maximum Gasteiger partial charge on any atom is 0.303 e. The summed E-state index contributed by atoms with van der Waals surface area (Å²) in [5.41, 5.74) is 0.215. The van der Waals surface area contributed by atoms with Gasteiger partial charge in [-0.2, -0.15) is 0 Å². The number of anilines is 1. The average Bonchev–Trinajstić information content (AvgIpc) is 2.65. The van der Waals surface area contributed by atoms with Crippen LogP contribution >= 0.6 is 0 Å². The van der Waals surface area contributed by atoms with E-state index in [0.717, 1.165) is 6.07 Å². The third kappa shape index (κ3) is 5.49. The number of carboxylic acids is 1. The van der Waals surface area contributed by atoms with E-state index in [9.17, 15) is 17.6 Å². The lowest BCUT2D eigenvalue weighted by atomic mass is 10.3. The first kappa shape index (κ1) is 21.3. The molecule has 152 valence electrons. The Morgan fingerprint density at radius 1 is 1.07 bits per heavy atom. The van der Waals surface area contributed by atoms with Gasteiger partial charge in [-0.15, -0.1) is 0 Å². The molecule has 2 aromatic rings. The van der Waals surface area contributed by atoms with Crippen molar-refractivity contribution in [2.75, 3.05) is 25.5 Å². The zero-order valence-corrected chi connectivity index (χ0v) is 16.1. The topological polar surface area (TPSA) is 111 Å². The molecule has 0 radical (unpaired) electrons. The maximum absolute atomic E-state index is 14.2. The largest absolute Gasteiger partial charge is 0.493 e. The van der Waals surface area contributed by atoms with E-state index in [-0.39, 0.29) is 35.8 Å².